The quantitative estimate of drug-likeness (QED) is 0.892. The molecular formula is C21H27FN4O. The van der Waals surface area contributed by atoms with Crippen LogP contribution in [0.2, 0.25) is 0 Å². The van der Waals surface area contributed by atoms with Gasteiger partial charge in [0.1, 0.15) is 5.82 Å². The third-order valence-electron chi connectivity index (χ3n) is 5.75. The first-order valence-electron chi connectivity index (χ1n) is 9.77. The van der Waals surface area contributed by atoms with Crippen LogP contribution in [0.15, 0.2) is 36.7 Å². The highest BCUT2D eigenvalue weighted by molar-refractivity contribution is 5.25. The van der Waals surface area contributed by atoms with Gasteiger partial charge in [-0.15, -0.1) is 0 Å². The maximum atomic E-state index is 14.1. The molecular weight excluding hydrogens is 343 g/mol. The number of aromatic nitrogens is 2. The third-order valence-corrected chi connectivity index (χ3v) is 5.75. The standard InChI is InChI=1S/C21H27FN4O/c1-16-3-4-19(22)17(13-16)15-26-10-6-21(7-11-26)14-18(5-12-27-21)25-20-23-8-2-9-24-20/h2-4,8-9,13,18H,5-7,10-12,14-15H2,1H3,(H,23,24,25). The summed E-state index contributed by atoms with van der Waals surface area (Å²) in [6.07, 6.45) is 7.42. The summed E-state index contributed by atoms with van der Waals surface area (Å²) in [5, 5.41) is 3.45. The zero-order chi connectivity index (χ0) is 18.7. The summed E-state index contributed by atoms with van der Waals surface area (Å²) in [6, 6.07) is 7.51. The van der Waals surface area contributed by atoms with Crippen molar-refractivity contribution in [2.24, 2.45) is 0 Å². The zero-order valence-corrected chi connectivity index (χ0v) is 15.8. The molecule has 2 aliphatic heterocycles. The van der Waals surface area contributed by atoms with Crippen LogP contribution in [0.1, 0.15) is 36.8 Å². The number of aryl methyl sites for hydroxylation is 1. The lowest BCUT2D eigenvalue weighted by molar-refractivity contribution is -0.115. The average Bonchev–Trinajstić information content (AvgIpc) is 2.68. The van der Waals surface area contributed by atoms with Crippen LogP contribution in [0.4, 0.5) is 10.3 Å². The van der Waals surface area contributed by atoms with Crippen molar-refractivity contribution in [2.75, 3.05) is 25.0 Å². The Kier molecular flexibility index (Phi) is 5.36. The van der Waals surface area contributed by atoms with Gasteiger partial charge in [0.05, 0.1) is 5.60 Å². The molecule has 2 saturated heterocycles. The number of rotatable bonds is 4. The first-order chi connectivity index (χ1) is 13.1. The first-order valence-corrected chi connectivity index (χ1v) is 9.77. The number of likely N-dealkylation sites (tertiary alicyclic amines) is 1. The second-order valence-corrected chi connectivity index (χ2v) is 7.81. The number of nitrogens with zero attached hydrogens (tertiary/aromatic N) is 3. The van der Waals surface area contributed by atoms with Crippen LogP contribution < -0.4 is 5.32 Å². The second-order valence-electron chi connectivity index (χ2n) is 7.81. The van der Waals surface area contributed by atoms with Crippen LogP contribution >= 0.6 is 0 Å². The molecule has 1 spiro atoms. The van der Waals surface area contributed by atoms with Crippen LogP contribution in [-0.2, 0) is 11.3 Å². The van der Waals surface area contributed by atoms with Crippen molar-refractivity contribution >= 4 is 5.95 Å². The lowest BCUT2D eigenvalue weighted by Gasteiger charge is -2.46. The summed E-state index contributed by atoms with van der Waals surface area (Å²) in [5.41, 5.74) is 1.82. The van der Waals surface area contributed by atoms with Gasteiger partial charge in [-0.05, 0) is 44.7 Å². The zero-order valence-electron chi connectivity index (χ0n) is 15.8. The van der Waals surface area contributed by atoms with Crippen molar-refractivity contribution in [1.82, 2.24) is 14.9 Å². The molecule has 0 radical (unpaired) electrons. The SMILES string of the molecule is Cc1ccc(F)c(CN2CCC3(CC2)CC(Nc2ncccn2)CCO3)c1. The Morgan fingerprint density at radius 2 is 2.04 bits per heavy atom. The number of hydrogen-bond donors (Lipinski definition) is 1. The van der Waals surface area contributed by atoms with Gasteiger partial charge >= 0.3 is 0 Å². The molecule has 0 aliphatic carbocycles. The van der Waals surface area contributed by atoms with Crippen LogP contribution in [0.25, 0.3) is 0 Å². The normalized spacial score (nSPS) is 22.7. The minimum Gasteiger partial charge on any atom is -0.375 e. The van der Waals surface area contributed by atoms with Crippen LogP contribution in [-0.4, -0.2) is 46.2 Å². The predicted octanol–water partition coefficient (Wildman–Crippen LogP) is 3.55. The number of benzene rings is 1. The highest BCUT2D eigenvalue weighted by Gasteiger charge is 2.40. The van der Waals surface area contributed by atoms with Gasteiger partial charge in [0.2, 0.25) is 5.95 Å². The van der Waals surface area contributed by atoms with Gasteiger partial charge < -0.3 is 10.1 Å². The van der Waals surface area contributed by atoms with Gasteiger partial charge in [0.15, 0.2) is 0 Å². The molecule has 27 heavy (non-hydrogen) atoms. The smallest absolute Gasteiger partial charge is 0.222 e. The first kappa shape index (κ1) is 18.3. The molecule has 4 rings (SSSR count). The summed E-state index contributed by atoms with van der Waals surface area (Å²) >= 11 is 0. The van der Waals surface area contributed by atoms with E-state index in [-0.39, 0.29) is 11.4 Å². The maximum absolute atomic E-state index is 14.1. The molecule has 0 amide bonds. The molecule has 1 aromatic heterocycles. The van der Waals surface area contributed by atoms with E-state index in [1.54, 1.807) is 18.5 Å². The van der Waals surface area contributed by atoms with E-state index >= 15 is 0 Å². The number of piperidine rings is 1. The summed E-state index contributed by atoms with van der Waals surface area (Å²) in [6.45, 7) is 5.30. The van der Waals surface area contributed by atoms with Crippen molar-refractivity contribution in [2.45, 2.75) is 50.8 Å². The molecule has 2 fully saturated rings. The van der Waals surface area contributed by atoms with E-state index in [2.05, 4.69) is 20.2 Å². The molecule has 0 bridgehead atoms. The van der Waals surface area contributed by atoms with E-state index in [1.807, 2.05) is 25.1 Å². The largest absolute Gasteiger partial charge is 0.375 e. The van der Waals surface area contributed by atoms with E-state index in [0.29, 0.717) is 18.5 Å². The molecule has 2 aliphatic rings. The van der Waals surface area contributed by atoms with Gasteiger partial charge in [-0.25, -0.2) is 14.4 Å². The van der Waals surface area contributed by atoms with E-state index < -0.39 is 0 Å². The van der Waals surface area contributed by atoms with Gasteiger partial charge in [0, 0.05) is 50.2 Å². The van der Waals surface area contributed by atoms with Gasteiger partial charge in [-0.1, -0.05) is 17.7 Å². The minimum absolute atomic E-state index is 0.0770. The fourth-order valence-corrected chi connectivity index (χ4v) is 4.24. The highest BCUT2D eigenvalue weighted by Crippen LogP contribution is 2.36. The van der Waals surface area contributed by atoms with E-state index in [4.69, 9.17) is 4.74 Å². The van der Waals surface area contributed by atoms with Gasteiger partial charge in [-0.2, -0.15) is 0 Å². The molecule has 6 heteroatoms. The van der Waals surface area contributed by atoms with Crippen molar-refractivity contribution in [3.8, 4) is 0 Å². The molecule has 5 nitrogen and oxygen atoms in total. The van der Waals surface area contributed by atoms with Crippen LogP contribution in [0.5, 0.6) is 0 Å². The molecule has 144 valence electrons. The predicted molar refractivity (Wildman–Crippen MR) is 103 cm³/mol. The molecule has 2 aromatic rings. The fraction of sp³-hybridized carbons (Fsp3) is 0.524. The number of halogens is 1. The van der Waals surface area contributed by atoms with Crippen LogP contribution in [0.3, 0.4) is 0 Å². The second kappa shape index (κ2) is 7.90. The lowest BCUT2D eigenvalue weighted by atomic mass is 9.82. The molecule has 1 aromatic carbocycles. The Morgan fingerprint density at radius 1 is 1.26 bits per heavy atom. The van der Waals surface area contributed by atoms with Gasteiger partial charge in [-0.3, -0.25) is 4.90 Å². The lowest BCUT2D eigenvalue weighted by Crippen LogP contribution is -2.51. The Morgan fingerprint density at radius 3 is 2.81 bits per heavy atom. The fourth-order valence-electron chi connectivity index (χ4n) is 4.24. The highest BCUT2D eigenvalue weighted by atomic mass is 19.1. The summed E-state index contributed by atoms with van der Waals surface area (Å²) in [4.78, 5) is 10.9. The number of hydrogen-bond acceptors (Lipinski definition) is 5. The van der Waals surface area contributed by atoms with Crippen molar-refractivity contribution in [1.29, 1.82) is 0 Å². The third kappa shape index (κ3) is 4.45. The number of nitrogens with one attached hydrogen (secondary N) is 1. The average molecular weight is 370 g/mol. The monoisotopic (exact) mass is 370 g/mol. The minimum atomic E-state index is -0.109. The Bertz CT molecular complexity index is 762. The van der Waals surface area contributed by atoms with Crippen molar-refractivity contribution in [3.05, 3.63) is 53.6 Å². The molecule has 1 N–H and O–H groups in total. The molecule has 1 unspecified atom stereocenters. The molecule has 3 heterocycles. The Hall–Kier alpha value is -2.05. The van der Waals surface area contributed by atoms with Gasteiger partial charge in [0.25, 0.3) is 0 Å². The van der Waals surface area contributed by atoms with Crippen molar-refractivity contribution in [3.63, 3.8) is 0 Å². The number of ether oxygens (including phenoxy) is 1. The van der Waals surface area contributed by atoms with E-state index in [1.165, 1.54) is 0 Å². The topological polar surface area (TPSA) is 50.3 Å². The number of anilines is 1. The van der Waals surface area contributed by atoms with E-state index in [9.17, 15) is 4.39 Å². The summed E-state index contributed by atoms with van der Waals surface area (Å²) in [5.74, 6) is 0.578. The van der Waals surface area contributed by atoms with Crippen LogP contribution in [0, 0.1) is 12.7 Å². The summed E-state index contributed by atoms with van der Waals surface area (Å²) < 4.78 is 20.3. The Labute approximate surface area is 160 Å². The van der Waals surface area contributed by atoms with Crippen molar-refractivity contribution < 1.29 is 9.13 Å². The molecule has 1 atom stereocenters. The maximum Gasteiger partial charge on any atom is 0.222 e. The Balaban J connectivity index is 1.34. The van der Waals surface area contributed by atoms with E-state index in [0.717, 1.165) is 56.5 Å². The molecule has 0 saturated carbocycles. The summed E-state index contributed by atoms with van der Waals surface area (Å²) in [7, 11) is 0.